The SMILES string of the molecule is CN=C(NCCCOc1ccc(F)cc1)N1CCS(=O)(=O)C(C)(C)C1. The summed E-state index contributed by atoms with van der Waals surface area (Å²) in [5.74, 6) is 1.18. The van der Waals surface area contributed by atoms with E-state index in [-0.39, 0.29) is 11.6 Å². The van der Waals surface area contributed by atoms with Crippen molar-refractivity contribution >= 4 is 15.8 Å². The van der Waals surface area contributed by atoms with Crippen molar-refractivity contribution in [3.05, 3.63) is 30.1 Å². The van der Waals surface area contributed by atoms with Crippen LogP contribution in [0.4, 0.5) is 4.39 Å². The average molecular weight is 371 g/mol. The first-order valence-electron chi connectivity index (χ1n) is 8.31. The molecular weight excluding hydrogens is 345 g/mol. The molecule has 0 spiro atoms. The van der Waals surface area contributed by atoms with Gasteiger partial charge in [-0.25, -0.2) is 12.8 Å². The molecule has 0 saturated carbocycles. The summed E-state index contributed by atoms with van der Waals surface area (Å²) < 4.78 is 41.8. The third-order valence-corrected chi connectivity index (χ3v) is 6.77. The lowest BCUT2D eigenvalue weighted by atomic mass is 10.2. The normalized spacial score (nSPS) is 19.5. The summed E-state index contributed by atoms with van der Waals surface area (Å²) in [6.07, 6.45) is 0.742. The van der Waals surface area contributed by atoms with Gasteiger partial charge in [0.2, 0.25) is 0 Å². The molecule has 1 N–H and O–H groups in total. The van der Waals surface area contributed by atoms with Crippen LogP contribution in [0.25, 0.3) is 0 Å². The quantitative estimate of drug-likeness (QED) is 0.484. The zero-order valence-electron chi connectivity index (χ0n) is 15.0. The average Bonchev–Trinajstić information content (AvgIpc) is 2.55. The minimum absolute atomic E-state index is 0.133. The first-order chi connectivity index (χ1) is 11.7. The second-order valence-electron chi connectivity index (χ2n) is 6.63. The van der Waals surface area contributed by atoms with Crippen LogP contribution in [0.3, 0.4) is 0 Å². The van der Waals surface area contributed by atoms with Gasteiger partial charge in [-0.05, 0) is 44.5 Å². The van der Waals surface area contributed by atoms with Crippen molar-refractivity contribution in [2.75, 3.05) is 39.0 Å². The summed E-state index contributed by atoms with van der Waals surface area (Å²) in [5.41, 5.74) is 0. The lowest BCUT2D eigenvalue weighted by molar-refractivity contribution is 0.308. The van der Waals surface area contributed by atoms with Crippen LogP contribution in [0.2, 0.25) is 0 Å². The Morgan fingerprint density at radius 2 is 2.04 bits per heavy atom. The molecule has 1 fully saturated rings. The van der Waals surface area contributed by atoms with Crippen molar-refractivity contribution < 1.29 is 17.5 Å². The molecule has 1 aliphatic heterocycles. The van der Waals surface area contributed by atoms with Crippen molar-refractivity contribution in [3.63, 3.8) is 0 Å². The number of guanidine groups is 1. The zero-order chi connectivity index (χ0) is 18.5. The van der Waals surface area contributed by atoms with Crippen molar-refractivity contribution in [2.45, 2.75) is 25.0 Å². The summed E-state index contributed by atoms with van der Waals surface area (Å²) in [4.78, 5) is 6.22. The number of halogens is 1. The lowest BCUT2D eigenvalue weighted by Crippen LogP contribution is -2.57. The van der Waals surface area contributed by atoms with Crippen LogP contribution >= 0.6 is 0 Å². The molecule has 140 valence electrons. The number of rotatable bonds is 5. The van der Waals surface area contributed by atoms with Gasteiger partial charge in [-0.3, -0.25) is 4.99 Å². The fourth-order valence-corrected chi connectivity index (χ4v) is 4.02. The Morgan fingerprint density at radius 1 is 1.36 bits per heavy atom. The number of ether oxygens (including phenoxy) is 1. The summed E-state index contributed by atoms with van der Waals surface area (Å²) >= 11 is 0. The summed E-state index contributed by atoms with van der Waals surface area (Å²) in [5, 5.41) is 3.24. The molecule has 1 aromatic carbocycles. The molecule has 8 heteroatoms. The second-order valence-corrected chi connectivity index (χ2v) is 9.37. The van der Waals surface area contributed by atoms with Gasteiger partial charge in [0.15, 0.2) is 15.8 Å². The predicted octanol–water partition coefficient (Wildman–Crippen LogP) is 1.68. The number of aliphatic imine (C=N–C) groups is 1. The highest BCUT2D eigenvalue weighted by Gasteiger charge is 2.40. The summed E-state index contributed by atoms with van der Waals surface area (Å²) in [6.45, 7) is 5.50. The van der Waals surface area contributed by atoms with Gasteiger partial charge in [0.05, 0.1) is 17.1 Å². The molecule has 0 aromatic heterocycles. The standard InChI is InChI=1S/C17H26FN3O3S/c1-17(2)13-21(10-12-25(17,22)23)16(19-3)20-9-4-11-24-15-7-5-14(18)6-8-15/h5-8H,4,9-13H2,1-3H3,(H,19,20). The number of hydrogen-bond acceptors (Lipinski definition) is 4. The van der Waals surface area contributed by atoms with Crippen molar-refractivity contribution in [1.29, 1.82) is 0 Å². The van der Waals surface area contributed by atoms with Gasteiger partial charge < -0.3 is 15.0 Å². The number of nitrogens with one attached hydrogen (secondary N) is 1. The van der Waals surface area contributed by atoms with Crippen LogP contribution in [0, 0.1) is 5.82 Å². The van der Waals surface area contributed by atoms with Crippen LogP contribution in [-0.4, -0.2) is 63.1 Å². The van der Waals surface area contributed by atoms with E-state index in [2.05, 4.69) is 10.3 Å². The van der Waals surface area contributed by atoms with Gasteiger partial charge in [-0.2, -0.15) is 0 Å². The van der Waals surface area contributed by atoms with Crippen molar-refractivity contribution in [3.8, 4) is 5.75 Å². The van der Waals surface area contributed by atoms with Crippen molar-refractivity contribution in [1.82, 2.24) is 10.2 Å². The van der Waals surface area contributed by atoms with Crippen LogP contribution in [-0.2, 0) is 9.84 Å². The molecule has 25 heavy (non-hydrogen) atoms. The second kappa shape index (κ2) is 8.03. The monoisotopic (exact) mass is 371 g/mol. The fraction of sp³-hybridized carbons (Fsp3) is 0.588. The van der Waals surface area contributed by atoms with Crippen LogP contribution in [0.5, 0.6) is 5.75 Å². The van der Waals surface area contributed by atoms with Gasteiger partial charge in [0.25, 0.3) is 0 Å². The Balaban J connectivity index is 1.76. The zero-order valence-corrected chi connectivity index (χ0v) is 15.8. The maximum Gasteiger partial charge on any atom is 0.193 e. The third kappa shape index (κ3) is 5.07. The maximum atomic E-state index is 12.8. The maximum absolute atomic E-state index is 12.8. The van der Waals surface area contributed by atoms with Gasteiger partial charge in [-0.15, -0.1) is 0 Å². The molecule has 0 atom stereocenters. The molecule has 1 saturated heterocycles. The molecule has 0 aliphatic carbocycles. The van der Waals surface area contributed by atoms with Gasteiger partial charge in [-0.1, -0.05) is 0 Å². The summed E-state index contributed by atoms with van der Waals surface area (Å²) in [7, 11) is -1.38. The molecule has 0 bridgehead atoms. The highest BCUT2D eigenvalue weighted by molar-refractivity contribution is 7.92. The molecule has 1 heterocycles. The minimum atomic E-state index is -3.07. The Labute approximate surface area is 149 Å². The Kier molecular flexibility index (Phi) is 6.26. The first-order valence-corrected chi connectivity index (χ1v) is 9.97. The van der Waals surface area contributed by atoms with Crippen molar-refractivity contribution in [2.24, 2.45) is 4.99 Å². The summed E-state index contributed by atoms with van der Waals surface area (Å²) in [6, 6.07) is 5.92. The van der Waals surface area contributed by atoms with E-state index in [9.17, 15) is 12.8 Å². The smallest absolute Gasteiger partial charge is 0.193 e. The highest BCUT2D eigenvalue weighted by atomic mass is 32.2. The van der Waals surface area contributed by atoms with Gasteiger partial charge in [0.1, 0.15) is 11.6 Å². The first kappa shape index (κ1) is 19.5. The van der Waals surface area contributed by atoms with E-state index in [0.717, 1.165) is 6.42 Å². The van der Waals surface area contributed by atoms with E-state index in [1.54, 1.807) is 33.0 Å². The van der Waals surface area contributed by atoms with E-state index in [0.29, 0.717) is 38.0 Å². The van der Waals surface area contributed by atoms with Crippen LogP contribution in [0.15, 0.2) is 29.3 Å². The van der Waals surface area contributed by atoms with E-state index in [1.807, 2.05) is 4.90 Å². The van der Waals surface area contributed by atoms with Gasteiger partial charge >= 0.3 is 0 Å². The Bertz CT molecular complexity index is 702. The molecule has 6 nitrogen and oxygen atoms in total. The lowest BCUT2D eigenvalue weighted by Gasteiger charge is -2.39. The third-order valence-electron chi connectivity index (χ3n) is 4.24. The Morgan fingerprint density at radius 3 is 2.64 bits per heavy atom. The topological polar surface area (TPSA) is 71.0 Å². The van der Waals surface area contributed by atoms with E-state index < -0.39 is 14.6 Å². The Hall–Kier alpha value is -1.83. The molecule has 2 rings (SSSR count). The number of nitrogens with zero attached hydrogens (tertiary/aromatic N) is 2. The number of sulfone groups is 1. The molecule has 1 aliphatic rings. The number of hydrogen-bond donors (Lipinski definition) is 1. The van der Waals surface area contributed by atoms with Crippen LogP contribution < -0.4 is 10.1 Å². The van der Waals surface area contributed by atoms with Gasteiger partial charge in [0, 0.05) is 26.7 Å². The molecular formula is C17H26FN3O3S. The fourth-order valence-electron chi connectivity index (χ4n) is 2.65. The minimum Gasteiger partial charge on any atom is -0.494 e. The molecule has 0 unspecified atom stereocenters. The van der Waals surface area contributed by atoms with Crippen LogP contribution in [0.1, 0.15) is 20.3 Å². The molecule has 0 amide bonds. The predicted molar refractivity (Wildman–Crippen MR) is 97.3 cm³/mol. The largest absolute Gasteiger partial charge is 0.494 e. The van der Waals surface area contributed by atoms with E-state index in [1.165, 1.54) is 12.1 Å². The molecule has 1 aromatic rings. The van der Waals surface area contributed by atoms with E-state index in [4.69, 9.17) is 4.74 Å². The highest BCUT2D eigenvalue weighted by Crippen LogP contribution is 2.23. The number of benzene rings is 1. The molecule has 0 radical (unpaired) electrons. The van der Waals surface area contributed by atoms with E-state index >= 15 is 0 Å².